The van der Waals surface area contributed by atoms with Gasteiger partial charge in [0.05, 0.1) is 23.1 Å². The number of ether oxygens (including phenoxy) is 1. The largest absolute Gasteiger partial charge is 0.488 e. The van der Waals surface area contributed by atoms with Gasteiger partial charge in [-0.3, -0.25) is 14.9 Å². The van der Waals surface area contributed by atoms with Gasteiger partial charge in [0.2, 0.25) is 5.91 Å². The summed E-state index contributed by atoms with van der Waals surface area (Å²) in [6, 6.07) is 13.6. The summed E-state index contributed by atoms with van der Waals surface area (Å²) in [5, 5.41) is 13.9. The van der Waals surface area contributed by atoms with Gasteiger partial charge in [0.25, 0.3) is 5.69 Å². The zero-order chi connectivity index (χ0) is 17.6. The molecule has 1 N–H and O–H groups in total. The Labute approximate surface area is 146 Å². The van der Waals surface area contributed by atoms with Crippen LogP contribution in [-0.2, 0) is 11.2 Å². The van der Waals surface area contributed by atoms with Crippen molar-refractivity contribution < 1.29 is 14.5 Å². The number of nitro groups is 1. The third kappa shape index (κ3) is 4.35. The van der Waals surface area contributed by atoms with Crippen LogP contribution in [0, 0.1) is 10.1 Å². The summed E-state index contributed by atoms with van der Waals surface area (Å²) in [4.78, 5) is 22.9. The highest BCUT2D eigenvalue weighted by Gasteiger charge is 2.19. The van der Waals surface area contributed by atoms with Crippen molar-refractivity contribution in [2.24, 2.45) is 0 Å². The van der Waals surface area contributed by atoms with Crippen molar-refractivity contribution in [3.05, 3.63) is 64.2 Å². The summed E-state index contributed by atoms with van der Waals surface area (Å²) >= 11 is 0. The van der Waals surface area contributed by atoms with Crippen LogP contribution in [0.2, 0.25) is 0 Å². The van der Waals surface area contributed by atoms with Crippen LogP contribution in [0.25, 0.3) is 0 Å². The predicted molar refractivity (Wildman–Crippen MR) is 94.8 cm³/mol. The van der Waals surface area contributed by atoms with Crippen LogP contribution in [0.3, 0.4) is 0 Å². The van der Waals surface area contributed by atoms with Gasteiger partial charge in [-0.25, -0.2) is 0 Å². The first-order valence-electron chi connectivity index (χ1n) is 8.41. The van der Waals surface area contributed by atoms with Gasteiger partial charge in [0.15, 0.2) is 0 Å². The maximum Gasteiger partial charge on any atom is 0.273 e. The third-order valence-electron chi connectivity index (χ3n) is 4.30. The van der Waals surface area contributed by atoms with Gasteiger partial charge in [-0.2, -0.15) is 0 Å². The Morgan fingerprint density at radius 3 is 2.56 bits per heavy atom. The number of nitro benzene ring substituents is 1. The monoisotopic (exact) mass is 340 g/mol. The van der Waals surface area contributed by atoms with Crippen molar-refractivity contribution in [3.8, 4) is 5.75 Å². The van der Waals surface area contributed by atoms with Crippen LogP contribution in [0.15, 0.2) is 48.5 Å². The van der Waals surface area contributed by atoms with Crippen molar-refractivity contribution in [3.63, 3.8) is 0 Å². The lowest BCUT2D eigenvalue weighted by Gasteiger charge is -2.17. The number of hydrogen-bond acceptors (Lipinski definition) is 4. The number of anilines is 1. The lowest BCUT2D eigenvalue weighted by atomic mass is 10.1. The molecule has 0 saturated heterocycles. The first kappa shape index (κ1) is 17.0. The molecule has 0 aromatic heterocycles. The Kier molecular flexibility index (Phi) is 5.28. The standard InChI is InChI=1S/C19H20N2O4/c22-19(13-14-7-1-5-11-17(14)21(23)24)20-16-10-4-6-12-18(16)25-15-8-2-3-9-15/h1,4-7,10-12,15H,2-3,8-9,13H2,(H,20,22). The molecule has 0 radical (unpaired) electrons. The SMILES string of the molecule is O=C(Cc1ccccc1[N+](=O)[O-])Nc1ccccc1OC1CCCC1. The molecule has 1 saturated carbocycles. The molecule has 1 amide bonds. The maximum absolute atomic E-state index is 12.4. The summed E-state index contributed by atoms with van der Waals surface area (Å²) in [6.07, 6.45) is 4.51. The van der Waals surface area contributed by atoms with Gasteiger partial charge in [0, 0.05) is 11.6 Å². The molecule has 3 rings (SSSR count). The number of nitrogens with zero attached hydrogens (tertiary/aromatic N) is 1. The van der Waals surface area contributed by atoms with Crippen LogP contribution in [0.5, 0.6) is 5.75 Å². The molecule has 0 bridgehead atoms. The average Bonchev–Trinajstić information content (AvgIpc) is 3.10. The summed E-state index contributed by atoms with van der Waals surface area (Å²) in [7, 11) is 0. The lowest BCUT2D eigenvalue weighted by molar-refractivity contribution is -0.385. The van der Waals surface area contributed by atoms with Gasteiger partial charge in [-0.1, -0.05) is 30.3 Å². The van der Waals surface area contributed by atoms with E-state index >= 15 is 0 Å². The molecule has 0 spiro atoms. The Bertz CT molecular complexity index is 770. The molecule has 130 valence electrons. The number of nitrogens with one attached hydrogen (secondary N) is 1. The second-order valence-electron chi connectivity index (χ2n) is 6.13. The normalized spacial score (nSPS) is 14.2. The minimum Gasteiger partial charge on any atom is -0.488 e. The van der Waals surface area contributed by atoms with E-state index < -0.39 is 4.92 Å². The summed E-state index contributed by atoms with van der Waals surface area (Å²) in [6.45, 7) is 0. The molecule has 2 aromatic carbocycles. The number of carbonyl (C=O) groups excluding carboxylic acids is 1. The van der Waals surface area contributed by atoms with Crippen LogP contribution in [-0.4, -0.2) is 16.9 Å². The number of amides is 1. The van der Waals surface area contributed by atoms with Gasteiger partial charge >= 0.3 is 0 Å². The van der Waals surface area contributed by atoms with E-state index in [1.54, 1.807) is 24.3 Å². The number of hydrogen-bond donors (Lipinski definition) is 1. The highest BCUT2D eigenvalue weighted by atomic mass is 16.6. The van der Waals surface area contributed by atoms with Gasteiger partial charge in [-0.15, -0.1) is 0 Å². The van der Waals surface area contributed by atoms with Crippen molar-refractivity contribution in [2.45, 2.75) is 38.2 Å². The molecule has 0 heterocycles. The van der Waals surface area contributed by atoms with Gasteiger partial charge in [-0.05, 0) is 37.8 Å². The summed E-state index contributed by atoms with van der Waals surface area (Å²) in [5.41, 5.74) is 0.935. The van der Waals surface area contributed by atoms with E-state index in [2.05, 4.69) is 5.32 Å². The maximum atomic E-state index is 12.4. The van der Waals surface area contributed by atoms with Crippen LogP contribution in [0.1, 0.15) is 31.2 Å². The fourth-order valence-electron chi connectivity index (χ4n) is 3.06. The number of para-hydroxylation sites is 3. The fourth-order valence-corrected chi connectivity index (χ4v) is 3.06. The van der Waals surface area contributed by atoms with E-state index in [0.29, 0.717) is 17.0 Å². The van der Waals surface area contributed by atoms with E-state index in [0.717, 1.165) is 25.7 Å². The average molecular weight is 340 g/mol. The number of rotatable bonds is 6. The Balaban J connectivity index is 1.70. The molecule has 6 nitrogen and oxygen atoms in total. The quantitative estimate of drug-likeness (QED) is 0.634. The van der Waals surface area contributed by atoms with Gasteiger partial charge in [0.1, 0.15) is 5.75 Å². The Hall–Kier alpha value is -2.89. The first-order chi connectivity index (χ1) is 12.1. The molecule has 6 heteroatoms. The third-order valence-corrected chi connectivity index (χ3v) is 4.30. The lowest BCUT2D eigenvalue weighted by Crippen LogP contribution is -2.17. The van der Waals surface area contributed by atoms with Gasteiger partial charge < -0.3 is 10.1 Å². The van der Waals surface area contributed by atoms with E-state index in [1.165, 1.54) is 6.07 Å². The highest BCUT2D eigenvalue weighted by molar-refractivity contribution is 5.94. The first-order valence-corrected chi connectivity index (χ1v) is 8.41. The van der Waals surface area contributed by atoms with E-state index in [1.807, 2.05) is 18.2 Å². The molecular weight excluding hydrogens is 320 g/mol. The number of benzene rings is 2. The molecule has 1 aliphatic carbocycles. The molecule has 2 aromatic rings. The summed E-state index contributed by atoms with van der Waals surface area (Å²) in [5.74, 6) is 0.335. The Morgan fingerprint density at radius 2 is 1.80 bits per heavy atom. The fraction of sp³-hybridized carbons (Fsp3) is 0.316. The molecule has 1 fully saturated rings. The van der Waals surface area contributed by atoms with Crippen molar-refractivity contribution in [1.29, 1.82) is 0 Å². The predicted octanol–water partition coefficient (Wildman–Crippen LogP) is 4.10. The minimum atomic E-state index is -0.472. The zero-order valence-electron chi connectivity index (χ0n) is 13.8. The van der Waals surface area contributed by atoms with Crippen molar-refractivity contribution in [1.82, 2.24) is 0 Å². The van der Waals surface area contributed by atoms with Crippen LogP contribution < -0.4 is 10.1 Å². The van der Waals surface area contributed by atoms with E-state index in [9.17, 15) is 14.9 Å². The van der Waals surface area contributed by atoms with Crippen LogP contribution >= 0.6 is 0 Å². The van der Waals surface area contributed by atoms with E-state index in [4.69, 9.17) is 4.74 Å². The number of carbonyl (C=O) groups is 1. The highest BCUT2D eigenvalue weighted by Crippen LogP contribution is 2.30. The van der Waals surface area contributed by atoms with E-state index in [-0.39, 0.29) is 24.1 Å². The minimum absolute atomic E-state index is 0.0480. The molecule has 25 heavy (non-hydrogen) atoms. The second-order valence-corrected chi connectivity index (χ2v) is 6.13. The zero-order valence-corrected chi connectivity index (χ0v) is 13.8. The smallest absolute Gasteiger partial charge is 0.273 e. The Morgan fingerprint density at radius 1 is 1.12 bits per heavy atom. The summed E-state index contributed by atoms with van der Waals surface area (Å²) < 4.78 is 6.00. The van der Waals surface area contributed by atoms with Crippen LogP contribution in [0.4, 0.5) is 11.4 Å². The topological polar surface area (TPSA) is 81.5 Å². The van der Waals surface area contributed by atoms with Crippen molar-refractivity contribution >= 4 is 17.3 Å². The molecule has 1 aliphatic rings. The molecule has 0 atom stereocenters. The van der Waals surface area contributed by atoms with Crippen molar-refractivity contribution in [2.75, 3.05) is 5.32 Å². The second kappa shape index (κ2) is 7.79. The molecule has 0 unspecified atom stereocenters. The molecular formula is C19H20N2O4. The molecule has 0 aliphatic heterocycles.